The van der Waals surface area contributed by atoms with Crippen molar-refractivity contribution in [3.8, 4) is 0 Å². The highest BCUT2D eigenvalue weighted by Crippen LogP contribution is 2.31. The maximum atomic E-state index is 6.04. The molecule has 6 heteroatoms. The molecule has 1 aromatic carbocycles. The van der Waals surface area contributed by atoms with Crippen LogP contribution < -0.4 is 10.2 Å². The van der Waals surface area contributed by atoms with Crippen molar-refractivity contribution in [2.24, 2.45) is 0 Å². The molecule has 0 saturated carbocycles. The van der Waals surface area contributed by atoms with E-state index in [1.165, 1.54) is 10.6 Å². The second-order valence-corrected chi connectivity index (χ2v) is 6.83. The number of hydrogen-bond donors (Lipinski definition) is 1. The lowest BCUT2D eigenvalue weighted by molar-refractivity contribution is 0.866. The van der Waals surface area contributed by atoms with E-state index in [0.717, 1.165) is 34.8 Å². The molecule has 0 radical (unpaired) electrons. The largest absolute Gasteiger partial charge is 0.372 e. The first-order chi connectivity index (χ1) is 11.1. The molecule has 4 nitrogen and oxygen atoms in total. The van der Waals surface area contributed by atoms with Gasteiger partial charge in [0.15, 0.2) is 0 Å². The molecule has 2 aromatic heterocycles. The van der Waals surface area contributed by atoms with Gasteiger partial charge in [-0.05, 0) is 62.7 Å². The predicted molar refractivity (Wildman–Crippen MR) is 100 cm³/mol. The minimum atomic E-state index is 0.265. The van der Waals surface area contributed by atoms with Crippen LogP contribution in [0, 0.1) is 6.92 Å². The van der Waals surface area contributed by atoms with Crippen molar-refractivity contribution in [2.75, 3.05) is 23.3 Å². The highest BCUT2D eigenvalue weighted by atomic mass is 35.5. The third-order valence-electron chi connectivity index (χ3n) is 3.75. The maximum Gasteiger partial charge on any atom is 0.225 e. The van der Waals surface area contributed by atoms with Gasteiger partial charge in [-0.15, -0.1) is 11.3 Å². The van der Waals surface area contributed by atoms with Crippen LogP contribution in [0.2, 0.25) is 5.28 Å². The molecule has 0 fully saturated rings. The van der Waals surface area contributed by atoms with Crippen molar-refractivity contribution in [1.29, 1.82) is 0 Å². The van der Waals surface area contributed by atoms with Crippen LogP contribution in [0.25, 0.3) is 10.2 Å². The predicted octanol–water partition coefficient (Wildman–Crippen LogP) is 5.24. The molecule has 0 amide bonds. The summed E-state index contributed by atoms with van der Waals surface area (Å²) in [6, 6.07) is 10.5. The summed E-state index contributed by atoms with van der Waals surface area (Å²) in [5, 5.41) is 4.63. The average Bonchev–Trinajstić information content (AvgIpc) is 2.90. The lowest BCUT2D eigenvalue weighted by Crippen LogP contribution is -2.21. The average molecular weight is 347 g/mol. The van der Waals surface area contributed by atoms with E-state index in [1.807, 2.05) is 0 Å². The Hall–Kier alpha value is -1.85. The number of hydrogen-bond acceptors (Lipinski definition) is 5. The number of nitrogens with one attached hydrogen (secondary N) is 1. The molecule has 0 bridgehead atoms. The van der Waals surface area contributed by atoms with Crippen LogP contribution >= 0.6 is 22.9 Å². The van der Waals surface area contributed by atoms with E-state index in [2.05, 4.69) is 71.3 Å². The van der Waals surface area contributed by atoms with E-state index in [1.54, 1.807) is 11.3 Å². The van der Waals surface area contributed by atoms with Crippen molar-refractivity contribution in [2.45, 2.75) is 20.8 Å². The molecule has 1 N–H and O–H groups in total. The molecule has 0 atom stereocenters. The summed E-state index contributed by atoms with van der Waals surface area (Å²) in [6.07, 6.45) is 0. The minimum absolute atomic E-state index is 0.265. The normalized spacial score (nSPS) is 11.0. The van der Waals surface area contributed by atoms with Crippen LogP contribution in [0.4, 0.5) is 17.2 Å². The lowest BCUT2D eigenvalue weighted by atomic mass is 10.2. The van der Waals surface area contributed by atoms with Gasteiger partial charge in [-0.2, -0.15) is 4.98 Å². The molecule has 3 rings (SSSR count). The van der Waals surface area contributed by atoms with Gasteiger partial charge >= 0.3 is 0 Å². The van der Waals surface area contributed by atoms with Crippen LogP contribution in [-0.4, -0.2) is 23.1 Å². The van der Waals surface area contributed by atoms with Gasteiger partial charge in [-0.3, -0.25) is 0 Å². The molecular weight excluding hydrogens is 328 g/mol. The molecular formula is C17H19ClN4S. The van der Waals surface area contributed by atoms with Gasteiger partial charge in [0, 0.05) is 29.3 Å². The van der Waals surface area contributed by atoms with E-state index in [-0.39, 0.29) is 5.28 Å². The van der Waals surface area contributed by atoms with E-state index in [4.69, 9.17) is 11.6 Å². The molecule has 0 aliphatic carbocycles. The summed E-state index contributed by atoms with van der Waals surface area (Å²) in [7, 11) is 0. The number of thiophene rings is 1. The number of aromatic nitrogens is 2. The second-order valence-electron chi connectivity index (χ2n) is 5.26. The highest BCUT2D eigenvalue weighted by Gasteiger charge is 2.10. The Morgan fingerprint density at radius 3 is 2.48 bits per heavy atom. The van der Waals surface area contributed by atoms with E-state index in [0.29, 0.717) is 0 Å². The number of aryl methyl sites for hydroxylation is 1. The topological polar surface area (TPSA) is 41.0 Å². The summed E-state index contributed by atoms with van der Waals surface area (Å²) in [5.41, 5.74) is 2.21. The van der Waals surface area contributed by atoms with E-state index >= 15 is 0 Å². The molecule has 2 heterocycles. The van der Waals surface area contributed by atoms with Crippen molar-refractivity contribution in [3.05, 3.63) is 40.5 Å². The van der Waals surface area contributed by atoms with Gasteiger partial charge in [-0.25, -0.2) is 4.98 Å². The molecule has 0 unspecified atom stereocenters. The van der Waals surface area contributed by atoms with Crippen molar-refractivity contribution in [1.82, 2.24) is 9.97 Å². The van der Waals surface area contributed by atoms with Gasteiger partial charge in [0.25, 0.3) is 0 Å². The summed E-state index contributed by atoms with van der Waals surface area (Å²) < 4.78 is 0. The van der Waals surface area contributed by atoms with E-state index < -0.39 is 0 Å². The number of benzene rings is 1. The van der Waals surface area contributed by atoms with Crippen LogP contribution in [0.15, 0.2) is 30.3 Å². The number of rotatable bonds is 5. The molecule has 0 aliphatic heterocycles. The molecule has 120 valence electrons. The summed E-state index contributed by atoms with van der Waals surface area (Å²) in [4.78, 5) is 13.0. The quantitative estimate of drug-likeness (QED) is 0.641. The Bertz CT molecular complexity index is 809. The SMILES string of the molecule is CCN(CC)c1ccc(Nc2nc(Cl)nc3sc(C)cc23)cc1. The van der Waals surface area contributed by atoms with Crippen molar-refractivity contribution < 1.29 is 0 Å². The first-order valence-corrected chi connectivity index (χ1v) is 8.86. The first-order valence-electron chi connectivity index (χ1n) is 7.66. The van der Waals surface area contributed by atoms with Crippen LogP contribution in [-0.2, 0) is 0 Å². The lowest BCUT2D eigenvalue weighted by Gasteiger charge is -2.21. The zero-order valence-electron chi connectivity index (χ0n) is 13.4. The number of fused-ring (bicyclic) bond motifs is 1. The standard InChI is InChI=1S/C17H19ClN4S/c1-4-22(5-2)13-8-6-12(7-9-13)19-15-14-10-11(3)23-16(14)21-17(18)20-15/h6-10H,4-5H2,1-3H3,(H,19,20,21). The summed E-state index contributed by atoms with van der Waals surface area (Å²) in [6.45, 7) is 8.38. The third-order valence-corrected chi connectivity index (χ3v) is 4.86. The fourth-order valence-electron chi connectivity index (χ4n) is 2.59. The zero-order chi connectivity index (χ0) is 16.4. The zero-order valence-corrected chi connectivity index (χ0v) is 15.0. The third kappa shape index (κ3) is 3.41. The molecule has 3 aromatic rings. The number of nitrogens with zero attached hydrogens (tertiary/aromatic N) is 3. The molecule has 23 heavy (non-hydrogen) atoms. The summed E-state index contributed by atoms with van der Waals surface area (Å²) in [5.74, 6) is 0.750. The second kappa shape index (κ2) is 6.72. The van der Waals surface area contributed by atoms with Gasteiger partial charge in [0.2, 0.25) is 5.28 Å². The van der Waals surface area contributed by atoms with Crippen molar-refractivity contribution >= 4 is 50.3 Å². The van der Waals surface area contributed by atoms with Gasteiger partial charge < -0.3 is 10.2 Å². The van der Waals surface area contributed by atoms with Crippen molar-refractivity contribution in [3.63, 3.8) is 0 Å². The van der Waals surface area contributed by atoms with Gasteiger partial charge in [0.1, 0.15) is 10.6 Å². The molecule has 0 saturated heterocycles. The van der Waals surface area contributed by atoms with Gasteiger partial charge in [-0.1, -0.05) is 0 Å². The Morgan fingerprint density at radius 1 is 1.13 bits per heavy atom. The number of halogens is 1. The number of anilines is 3. The Kier molecular flexibility index (Phi) is 4.68. The van der Waals surface area contributed by atoms with Gasteiger partial charge in [0.05, 0.1) is 5.39 Å². The Balaban J connectivity index is 1.90. The summed E-state index contributed by atoms with van der Waals surface area (Å²) >= 11 is 7.66. The van der Waals surface area contributed by atoms with E-state index in [9.17, 15) is 0 Å². The Morgan fingerprint density at radius 2 is 1.83 bits per heavy atom. The Labute approximate surface area is 145 Å². The van der Waals surface area contributed by atoms with Crippen LogP contribution in [0.3, 0.4) is 0 Å². The fraction of sp³-hybridized carbons (Fsp3) is 0.294. The molecule has 0 aliphatic rings. The van der Waals surface area contributed by atoms with Crippen LogP contribution in [0.1, 0.15) is 18.7 Å². The smallest absolute Gasteiger partial charge is 0.225 e. The molecule has 0 spiro atoms. The minimum Gasteiger partial charge on any atom is -0.372 e. The monoisotopic (exact) mass is 346 g/mol. The van der Waals surface area contributed by atoms with Crippen LogP contribution in [0.5, 0.6) is 0 Å². The fourth-order valence-corrected chi connectivity index (χ4v) is 3.69. The first kappa shape index (κ1) is 16.0. The maximum absolute atomic E-state index is 6.04. The highest BCUT2D eigenvalue weighted by molar-refractivity contribution is 7.18.